The molecule has 0 radical (unpaired) electrons. The molecular weight excluding hydrogens is 294 g/mol. The van der Waals surface area contributed by atoms with Crippen LogP contribution in [0.4, 0.5) is 0 Å². The van der Waals surface area contributed by atoms with E-state index in [1.165, 1.54) is 6.07 Å². The van der Waals surface area contributed by atoms with Crippen molar-refractivity contribution in [3.05, 3.63) is 29.8 Å². The summed E-state index contributed by atoms with van der Waals surface area (Å²) in [6.45, 7) is 0.217. The molecule has 1 aromatic rings. The quantitative estimate of drug-likeness (QED) is 0.802. The fourth-order valence-corrected chi connectivity index (χ4v) is 3.78. The van der Waals surface area contributed by atoms with Gasteiger partial charge in [-0.25, -0.2) is 13.1 Å². The molecule has 1 saturated carbocycles. The number of aliphatic hydroxyl groups is 1. The summed E-state index contributed by atoms with van der Waals surface area (Å²) in [7, 11) is -3.50. The number of rotatable bonds is 5. The highest BCUT2D eigenvalue weighted by atomic mass is 32.2. The molecule has 108 valence electrons. The topological polar surface area (TPSA) is 66.4 Å². The van der Waals surface area contributed by atoms with E-state index in [-0.39, 0.29) is 16.2 Å². The van der Waals surface area contributed by atoms with Crippen LogP contribution in [-0.2, 0) is 10.0 Å². The summed E-state index contributed by atoms with van der Waals surface area (Å²) in [6, 6.07) is 6.43. The van der Waals surface area contributed by atoms with Crippen LogP contribution >= 0.6 is 11.8 Å². The minimum atomic E-state index is -3.50. The summed E-state index contributed by atoms with van der Waals surface area (Å²) < 4.78 is 27.2. The number of thioether (sulfide) groups is 1. The van der Waals surface area contributed by atoms with E-state index in [2.05, 4.69) is 16.6 Å². The van der Waals surface area contributed by atoms with Gasteiger partial charge in [0.2, 0.25) is 10.0 Å². The maximum Gasteiger partial charge on any atom is 0.240 e. The number of benzene rings is 1. The van der Waals surface area contributed by atoms with E-state index in [0.29, 0.717) is 12.1 Å². The summed E-state index contributed by atoms with van der Waals surface area (Å²) in [5.74, 6) is 5.21. The zero-order valence-electron chi connectivity index (χ0n) is 11.2. The van der Waals surface area contributed by atoms with E-state index in [9.17, 15) is 8.42 Å². The molecule has 0 aromatic heterocycles. The first-order chi connectivity index (χ1) is 9.51. The van der Waals surface area contributed by atoms with Crippen molar-refractivity contribution in [2.45, 2.75) is 22.5 Å². The van der Waals surface area contributed by atoms with Crippen LogP contribution in [-0.4, -0.2) is 37.7 Å². The monoisotopic (exact) mass is 311 g/mol. The molecule has 1 aliphatic carbocycles. The molecule has 0 unspecified atom stereocenters. The number of hydrogen-bond acceptors (Lipinski definition) is 4. The van der Waals surface area contributed by atoms with Crippen molar-refractivity contribution >= 4 is 21.8 Å². The Morgan fingerprint density at radius 3 is 2.80 bits per heavy atom. The normalized spacial score (nSPS) is 16.3. The van der Waals surface area contributed by atoms with Crippen LogP contribution in [0.3, 0.4) is 0 Å². The lowest BCUT2D eigenvalue weighted by molar-refractivity contribution is 0.350. The minimum absolute atomic E-state index is 0.0847. The van der Waals surface area contributed by atoms with Gasteiger partial charge in [0.15, 0.2) is 0 Å². The molecule has 0 amide bonds. The third-order valence-corrected chi connectivity index (χ3v) is 6.10. The summed E-state index contributed by atoms with van der Waals surface area (Å²) in [5.41, 5.74) is 0.577. The zero-order valence-corrected chi connectivity index (χ0v) is 12.9. The molecule has 6 heteroatoms. The van der Waals surface area contributed by atoms with Crippen LogP contribution in [0, 0.1) is 11.8 Å². The van der Waals surface area contributed by atoms with Gasteiger partial charge in [0.05, 0.1) is 4.90 Å². The van der Waals surface area contributed by atoms with Gasteiger partial charge in [-0.1, -0.05) is 17.9 Å². The van der Waals surface area contributed by atoms with Gasteiger partial charge in [0.25, 0.3) is 0 Å². The van der Waals surface area contributed by atoms with Crippen LogP contribution in [0.2, 0.25) is 0 Å². The van der Waals surface area contributed by atoms with Gasteiger partial charge in [0, 0.05) is 16.9 Å². The summed E-state index contributed by atoms with van der Waals surface area (Å²) in [5, 5.41) is 8.66. The van der Waals surface area contributed by atoms with Crippen molar-refractivity contribution in [2.75, 3.05) is 19.4 Å². The summed E-state index contributed by atoms with van der Waals surface area (Å²) >= 11 is 1.71. The third-order valence-electron chi connectivity index (χ3n) is 3.28. The SMILES string of the molecule is CSC1(CNS(=O)(=O)c2cccc(C#CCO)c2)CC1. The Kier molecular flexibility index (Phi) is 4.76. The Labute approximate surface area is 124 Å². The van der Waals surface area contributed by atoms with Crippen LogP contribution in [0.1, 0.15) is 18.4 Å². The van der Waals surface area contributed by atoms with Crippen LogP contribution in [0.25, 0.3) is 0 Å². The number of hydrogen-bond donors (Lipinski definition) is 2. The lowest BCUT2D eigenvalue weighted by Crippen LogP contribution is -2.31. The van der Waals surface area contributed by atoms with Crippen molar-refractivity contribution in [1.29, 1.82) is 0 Å². The second-order valence-corrected chi connectivity index (χ2v) is 7.74. The molecule has 4 nitrogen and oxygen atoms in total. The minimum Gasteiger partial charge on any atom is -0.384 e. The van der Waals surface area contributed by atoms with Gasteiger partial charge >= 0.3 is 0 Å². The van der Waals surface area contributed by atoms with Crippen molar-refractivity contribution in [2.24, 2.45) is 0 Å². The molecule has 0 spiro atoms. The van der Waals surface area contributed by atoms with Crippen LogP contribution < -0.4 is 4.72 Å². The molecule has 0 atom stereocenters. The van der Waals surface area contributed by atoms with E-state index >= 15 is 0 Å². The van der Waals surface area contributed by atoms with Gasteiger partial charge in [-0.15, -0.1) is 0 Å². The van der Waals surface area contributed by atoms with Gasteiger partial charge in [-0.2, -0.15) is 11.8 Å². The van der Waals surface area contributed by atoms with E-state index in [0.717, 1.165) is 12.8 Å². The zero-order chi connectivity index (χ0) is 14.6. The standard InChI is InChI=1S/C14H17NO3S2/c1-19-14(7-8-14)11-15-20(17,18)13-6-2-4-12(10-13)5-3-9-16/h2,4,6,10,15-16H,7-9,11H2,1H3. The molecular formula is C14H17NO3S2. The average Bonchev–Trinajstić information content (AvgIpc) is 3.24. The molecule has 2 N–H and O–H groups in total. The molecule has 20 heavy (non-hydrogen) atoms. The molecule has 1 fully saturated rings. The van der Waals surface area contributed by atoms with Crippen LogP contribution in [0.15, 0.2) is 29.2 Å². The highest BCUT2D eigenvalue weighted by molar-refractivity contribution is 8.00. The number of aliphatic hydroxyl groups excluding tert-OH is 1. The number of sulfonamides is 1. The fraction of sp³-hybridized carbons (Fsp3) is 0.429. The van der Waals surface area contributed by atoms with E-state index < -0.39 is 10.0 Å². The predicted molar refractivity (Wildman–Crippen MR) is 81.1 cm³/mol. The third kappa shape index (κ3) is 3.76. The van der Waals surface area contributed by atoms with E-state index in [1.807, 2.05) is 6.26 Å². The Bertz CT molecular complexity index is 640. The first-order valence-electron chi connectivity index (χ1n) is 6.26. The fourth-order valence-electron chi connectivity index (χ4n) is 1.78. The van der Waals surface area contributed by atoms with Crippen molar-refractivity contribution in [3.63, 3.8) is 0 Å². The smallest absolute Gasteiger partial charge is 0.240 e. The molecule has 1 aromatic carbocycles. The number of nitrogens with one attached hydrogen (secondary N) is 1. The first kappa shape index (κ1) is 15.4. The lowest BCUT2D eigenvalue weighted by Gasteiger charge is -2.13. The molecule has 0 saturated heterocycles. The van der Waals surface area contributed by atoms with Gasteiger partial charge in [-0.3, -0.25) is 0 Å². The summed E-state index contributed by atoms with van der Waals surface area (Å²) in [4.78, 5) is 0.208. The van der Waals surface area contributed by atoms with Gasteiger partial charge in [0.1, 0.15) is 6.61 Å². The molecule has 0 heterocycles. The lowest BCUT2D eigenvalue weighted by atomic mass is 10.2. The van der Waals surface area contributed by atoms with Crippen molar-refractivity contribution in [1.82, 2.24) is 4.72 Å². The molecule has 0 aliphatic heterocycles. The highest BCUT2D eigenvalue weighted by Gasteiger charge is 2.42. The first-order valence-corrected chi connectivity index (χ1v) is 8.97. The Morgan fingerprint density at radius 2 is 2.20 bits per heavy atom. The van der Waals surface area contributed by atoms with Gasteiger partial charge in [-0.05, 0) is 37.3 Å². The van der Waals surface area contributed by atoms with E-state index in [4.69, 9.17) is 5.11 Å². The predicted octanol–water partition coefficient (Wildman–Crippen LogP) is 1.20. The van der Waals surface area contributed by atoms with Gasteiger partial charge < -0.3 is 5.11 Å². The highest BCUT2D eigenvalue weighted by Crippen LogP contribution is 2.46. The van der Waals surface area contributed by atoms with Crippen molar-refractivity contribution in [3.8, 4) is 11.8 Å². The second-order valence-electron chi connectivity index (χ2n) is 4.70. The van der Waals surface area contributed by atoms with Crippen molar-refractivity contribution < 1.29 is 13.5 Å². The Hall–Kier alpha value is -1.00. The molecule has 2 rings (SSSR count). The van der Waals surface area contributed by atoms with Crippen LogP contribution in [0.5, 0.6) is 0 Å². The summed E-state index contributed by atoms with van der Waals surface area (Å²) in [6.07, 6.45) is 4.11. The molecule has 0 bridgehead atoms. The largest absolute Gasteiger partial charge is 0.384 e. The second kappa shape index (κ2) is 6.19. The van der Waals surface area contributed by atoms with E-state index in [1.54, 1.807) is 30.0 Å². The molecule has 1 aliphatic rings. The maximum absolute atomic E-state index is 12.2. The Morgan fingerprint density at radius 1 is 1.45 bits per heavy atom. The Balaban J connectivity index is 2.12. The maximum atomic E-state index is 12.2. The average molecular weight is 311 g/mol.